The minimum atomic E-state index is 0.641. The molecule has 2 aliphatic rings. The molecule has 2 atom stereocenters. The summed E-state index contributed by atoms with van der Waals surface area (Å²) in [7, 11) is 0. The van der Waals surface area contributed by atoms with Crippen molar-refractivity contribution in [3.05, 3.63) is 0 Å². The number of rotatable bonds is 1. The van der Waals surface area contributed by atoms with Crippen molar-refractivity contribution in [2.24, 2.45) is 5.92 Å². The summed E-state index contributed by atoms with van der Waals surface area (Å²) < 4.78 is 0. The number of hydrogen-bond donors (Lipinski definition) is 1. The van der Waals surface area contributed by atoms with E-state index in [1.165, 1.54) is 18.8 Å². The predicted octanol–water partition coefficient (Wildman–Crippen LogP) is 0.947. The summed E-state index contributed by atoms with van der Waals surface area (Å²) in [6.07, 6.45) is 0. The molecular formula is C8H16N2S. The number of fused-ring (bicyclic) bond motifs is 1. The van der Waals surface area contributed by atoms with Crippen LogP contribution in [-0.4, -0.2) is 35.3 Å². The van der Waals surface area contributed by atoms with Crippen molar-refractivity contribution in [3.8, 4) is 0 Å². The van der Waals surface area contributed by atoms with E-state index in [-0.39, 0.29) is 0 Å². The van der Waals surface area contributed by atoms with Crippen LogP contribution in [0.15, 0.2) is 0 Å². The Morgan fingerprint density at radius 1 is 1.55 bits per heavy atom. The number of thioether (sulfide) groups is 1. The molecule has 2 heterocycles. The Labute approximate surface area is 72.7 Å². The van der Waals surface area contributed by atoms with Crippen LogP contribution in [0.1, 0.15) is 13.8 Å². The van der Waals surface area contributed by atoms with Gasteiger partial charge in [-0.1, -0.05) is 13.8 Å². The first-order chi connectivity index (χ1) is 5.29. The van der Waals surface area contributed by atoms with Crippen LogP contribution in [0.3, 0.4) is 0 Å². The Bertz CT molecular complexity index is 149. The Kier molecular flexibility index (Phi) is 2.12. The zero-order valence-corrected chi connectivity index (χ0v) is 8.03. The van der Waals surface area contributed by atoms with Crippen LogP contribution in [0.25, 0.3) is 0 Å². The standard InChI is InChI=1S/C8H16N2S/c1-6(2)7-5-9-8-10(7)3-4-11-8/h6-9H,3-5H2,1-2H3. The summed E-state index contributed by atoms with van der Waals surface area (Å²) in [6, 6.07) is 0.787. The van der Waals surface area contributed by atoms with Gasteiger partial charge in [0, 0.05) is 24.9 Å². The highest BCUT2D eigenvalue weighted by Gasteiger charge is 2.37. The number of nitrogens with zero attached hydrogens (tertiary/aromatic N) is 1. The second kappa shape index (κ2) is 2.96. The third kappa shape index (κ3) is 1.30. The maximum atomic E-state index is 3.54. The van der Waals surface area contributed by atoms with E-state index in [0.29, 0.717) is 5.50 Å². The quantitative estimate of drug-likeness (QED) is 0.634. The van der Waals surface area contributed by atoms with Crippen molar-refractivity contribution in [2.75, 3.05) is 18.8 Å². The molecule has 11 heavy (non-hydrogen) atoms. The van der Waals surface area contributed by atoms with Crippen molar-refractivity contribution >= 4 is 11.8 Å². The Morgan fingerprint density at radius 3 is 3.09 bits per heavy atom. The lowest BCUT2D eigenvalue weighted by molar-refractivity contribution is 0.221. The van der Waals surface area contributed by atoms with Crippen molar-refractivity contribution in [1.29, 1.82) is 0 Å². The van der Waals surface area contributed by atoms with Crippen LogP contribution in [0.5, 0.6) is 0 Å². The highest BCUT2D eigenvalue weighted by molar-refractivity contribution is 8.00. The van der Waals surface area contributed by atoms with Gasteiger partial charge in [0.25, 0.3) is 0 Å². The third-order valence-electron chi connectivity index (χ3n) is 2.62. The molecular weight excluding hydrogens is 156 g/mol. The van der Waals surface area contributed by atoms with Gasteiger partial charge < -0.3 is 0 Å². The van der Waals surface area contributed by atoms with E-state index in [2.05, 4.69) is 24.1 Å². The molecule has 2 rings (SSSR count). The molecule has 2 fully saturated rings. The smallest absolute Gasteiger partial charge is 0.108 e. The van der Waals surface area contributed by atoms with Gasteiger partial charge in [0.05, 0.1) is 0 Å². The number of nitrogens with one attached hydrogen (secondary N) is 1. The molecule has 2 saturated heterocycles. The van der Waals surface area contributed by atoms with E-state index in [4.69, 9.17) is 0 Å². The Morgan fingerprint density at radius 2 is 2.36 bits per heavy atom. The van der Waals surface area contributed by atoms with Crippen molar-refractivity contribution < 1.29 is 0 Å². The zero-order chi connectivity index (χ0) is 7.84. The Balaban J connectivity index is 2.03. The lowest BCUT2D eigenvalue weighted by atomic mass is 10.0. The van der Waals surface area contributed by atoms with E-state index in [9.17, 15) is 0 Å². The van der Waals surface area contributed by atoms with Crippen LogP contribution in [0, 0.1) is 5.92 Å². The molecule has 2 nitrogen and oxygen atoms in total. The average Bonchev–Trinajstić information content (AvgIpc) is 2.41. The monoisotopic (exact) mass is 172 g/mol. The fourth-order valence-electron chi connectivity index (χ4n) is 1.96. The van der Waals surface area contributed by atoms with Crippen LogP contribution in [0.4, 0.5) is 0 Å². The van der Waals surface area contributed by atoms with Gasteiger partial charge in [0.15, 0.2) is 0 Å². The molecule has 0 aromatic rings. The SMILES string of the molecule is CC(C)C1CNC2SCCN21. The van der Waals surface area contributed by atoms with E-state index in [1.54, 1.807) is 0 Å². The maximum absolute atomic E-state index is 3.54. The fraction of sp³-hybridized carbons (Fsp3) is 1.00. The van der Waals surface area contributed by atoms with Crippen molar-refractivity contribution in [1.82, 2.24) is 10.2 Å². The first kappa shape index (κ1) is 7.90. The molecule has 0 radical (unpaired) electrons. The van der Waals surface area contributed by atoms with Gasteiger partial charge in [-0.2, -0.15) is 0 Å². The molecule has 1 N–H and O–H groups in total. The van der Waals surface area contributed by atoms with Crippen LogP contribution in [-0.2, 0) is 0 Å². The lowest BCUT2D eigenvalue weighted by Gasteiger charge is -2.24. The van der Waals surface area contributed by atoms with Crippen LogP contribution >= 0.6 is 11.8 Å². The van der Waals surface area contributed by atoms with E-state index in [1.807, 2.05) is 11.8 Å². The molecule has 0 amide bonds. The molecule has 2 aliphatic heterocycles. The first-order valence-electron chi connectivity index (χ1n) is 4.40. The summed E-state index contributed by atoms with van der Waals surface area (Å²) in [4.78, 5) is 2.61. The zero-order valence-electron chi connectivity index (χ0n) is 7.21. The summed E-state index contributed by atoms with van der Waals surface area (Å²) in [6.45, 7) is 7.11. The van der Waals surface area contributed by atoms with E-state index < -0.39 is 0 Å². The van der Waals surface area contributed by atoms with Gasteiger partial charge in [-0.3, -0.25) is 10.2 Å². The second-order valence-corrected chi connectivity index (χ2v) is 4.87. The molecule has 0 bridgehead atoms. The van der Waals surface area contributed by atoms with Crippen LogP contribution in [0.2, 0.25) is 0 Å². The average molecular weight is 172 g/mol. The van der Waals surface area contributed by atoms with Crippen molar-refractivity contribution in [2.45, 2.75) is 25.4 Å². The maximum Gasteiger partial charge on any atom is 0.108 e. The van der Waals surface area contributed by atoms with Gasteiger partial charge in [0.2, 0.25) is 0 Å². The predicted molar refractivity (Wildman–Crippen MR) is 49.6 cm³/mol. The minimum absolute atomic E-state index is 0.641. The molecule has 3 heteroatoms. The molecule has 2 unspecified atom stereocenters. The summed E-state index contributed by atoms with van der Waals surface area (Å²) in [5.74, 6) is 2.10. The van der Waals surface area contributed by atoms with E-state index >= 15 is 0 Å². The largest absolute Gasteiger partial charge is 0.292 e. The van der Waals surface area contributed by atoms with Gasteiger partial charge in [-0.15, -0.1) is 11.8 Å². The summed E-state index contributed by atoms with van der Waals surface area (Å²) in [5.41, 5.74) is 0.641. The van der Waals surface area contributed by atoms with E-state index in [0.717, 1.165) is 12.0 Å². The van der Waals surface area contributed by atoms with Gasteiger partial charge >= 0.3 is 0 Å². The highest BCUT2D eigenvalue weighted by Crippen LogP contribution is 2.30. The van der Waals surface area contributed by atoms with Crippen LogP contribution < -0.4 is 5.32 Å². The molecule has 0 spiro atoms. The minimum Gasteiger partial charge on any atom is -0.292 e. The Hall–Kier alpha value is 0.270. The lowest BCUT2D eigenvalue weighted by Crippen LogP contribution is -2.36. The number of hydrogen-bond acceptors (Lipinski definition) is 3. The molecule has 0 aliphatic carbocycles. The van der Waals surface area contributed by atoms with Gasteiger partial charge in [0.1, 0.15) is 5.50 Å². The van der Waals surface area contributed by atoms with Gasteiger partial charge in [-0.25, -0.2) is 0 Å². The van der Waals surface area contributed by atoms with Crippen molar-refractivity contribution in [3.63, 3.8) is 0 Å². The third-order valence-corrected chi connectivity index (χ3v) is 3.80. The summed E-state index contributed by atoms with van der Waals surface area (Å²) >= 11 is 2.05. The molecule has 0 saturated carbocycles. The fourth-order valence-corrected chi connectivity index (χ4v) is 3.16. The highest BCUT2D eigenvalue weighted by atomic mass is 32.2. The first-order valence-corrected chi connectivity index (χ1v) is 5.44. The molecule has 0 aromatic carbocycles. The van der Waals surface area contributed by atoms with Gasteiger partial charge in [-0.05, 0) is 5.92 Å². The second-order valence-electron chi connectivity index (χ2n) is 3.68. The summed E-state index contributed by atoms with van der Waals surface area (Å²) in [5, 5.41) is 3.54. The molecule has 0 aromatic heterocycles. The topological polar surface area (TPSA) is 15.3 Å². The normalized spacial score (nSPS) is 38.5. The molecule has 64 valence electrons.